The minimum absolute atomic E-state index is 0.00683. The van der Waals surface area contributed by atoms with Crippen molar-refractivity contribution in [2.75, 3.05) is 7.05 Å². The molecule has 4 aliphatic rings. The number of hydrogen-bond acceptors (Lipinski definition) is 3. The summed E-state index contributed by atoms with van der Waals surface area (Å²) in [4.78, 5) is 26.9. The van der Waals surface area contributed by atoms with E-state index in [4.69, 9.17) is 4.42 Å². The monoisotopic (exact) mass is 330 g/mol. The number of carbonyl (C=O) groups excluding carboxylic acids is 2. The Balaban J connectivity index is 1.41. The standard InChI is InChI=1S/C19H26N2O3/c1-11(20-18(22)16-4-3-5-24-16)19(23)21(2)17-14-7-12-6-13(9-14)10-15(17)8-12/h3-5,11-15,17H,6-10H2,1-2H3,(H,20,22). The molecule has 24 heavy (non-hydrogen) atoms. The number of hydrogen-bond donors (Lipinski definition) is 1. The number of furan rings is 1. The molecule has 0 radical (unpaired) electrons. The third kappa shape index (κ3) is 2.64. The lowest BCUT2D eigenvalue weighted by atomic mass is 9.54. The second kappa shape index (κ2) is 5.94. The minimum atomic E-state index is -0.537. The molecule has 5 rings (SSSR count). The van der Waals surface area contributed by atoms with Gasteiger partial charge in [-0.2, -0.15) is 0 Å². The summed E-state index contributed by atoms with van der Waals surface area (Å²) in [6.45, 7) is 1.76. The van der Waals surface area contributed by atoms with Gasteiger partial charge >= 0.3 is 0 Å². The molecule has 4 bridgehead atoms. The van der Waals surface area contributed by atoms with Crippen molar-refractivity contribution in [3.8, 4) is 0 Å². The number of rotatable bonds is 4. The Bertz CT molecular complexity index is 597. The summed E-state index contributed by atoms with van der Waals surface area (Å²) >= 11 is 0. The van der Waals surface area contributed by atoms with E-state index < -0.39 is 6.04 Å². The molecule has 1 heterocycles. The number of amides is 2. The lowest BCUT2D eigenvalue weighted by Crippen LogP contribution is -2.59. The van der Waals surface area contributed by atoms with Crippen molar-refractivity contribution in [3.63, 3.8) is 0 Å². The molecule has 0 saturated heterocycles. The van der Waals surface area contributed by atoms with Gasteiger partial charge in [0, 0.05) is 13.1 Å². The van der Waals surface area contributed by atoms with Crippen LogP contribution in [0.25, 0.3) is 0 Å². The van der Waals surface area contributed by atoms with Crippen molar-refractivity contribution in [2.24, 2.45) is 23.7 Å². The third-order valence-electron chi connectivity index (χ3n) is 6.43. The molecule has 1 unspecified atom stereocenters. The summed E-state index contributed by atoms with van der Waals surface area (Å²) in [5.41, 5.74) is 0. The van der Waals surface area contributed by atoms with E-state index in [1.807, 2.05) is 11.9 Å². The van der Waals surface area contributed by atoms with Crippen LogP contribution in [0.3, 0.4) is 0 Å². The average molecular weight is 330 g/mol. The van der Waals surface area contributed by atoms with Gasteiger partial charge in [0.1, 0.15) is 6.04 Å². The van der Waals surface area contributed by atoms with Crippen LogP contribution in [0.15, 0.2) is 22.8 Å². The van der Waals surface area contributed by atoms with E-state index in [1.165, 1.54) is 38.4 Å². The van der Waals surface area contributed by atoms with E-state index in [9.17, 15) is 9.59 Å². The molecule has 0 aromatic carbocycles. The summed E-state index contributed by atoms with van der Waals surface area (Å²) in [5, 5.41) is 2.76. The van der Waals surface area contributed by atoms with Crippen LogP contribution >= 0.6 is 0 Å². The van der Waals surface area contributed by atoms with Crippen LogP contribution in [-0.4, -0.2) is 35.8 Å². The highest BCUT2D eigenvalue weighted by Gasteiger charge is 2.50. The minimum Gasteiger partial charge on any atom is -0.459 e. The summed E-state index contributed by atoms with van der Waals surface area (Å²) in [5.74, 6) is 3.01. The van der Waals surface area contributed by atoms with E-state index in [0.29, 0.717) is 17.9 Å². The molecule has 5 heteroatoms. The highest BCUT2D eigenvalue weighted by atomic mass is 16.3. The molecule has 0 aliphatic heterocycles. The van der Waals surface area contributed by atoms with E-state index in [-0.39, 0.29) is 17.6 Å². The van der Waals surface area contributed by atoms with Crippen LogP contribution in [0.5, 0.6) is 0 Å². The lowest BCUT2D eigenvalue weighted by molar-refractivity contribution is -0.142. The van der Waals surface area contributed by atoms with Crippen LogP contribution in [-0.2, 0) is 4.79 Å². The zero-order valence-electron chi connectivity index (χ0n) is 14.4. The first-order valence-corrected chi connectivity index (χ1v) is 9.14. The second-order valence-corrected chi connectivity index (χ2v) is 8.04. The van der Waals surface area contributed by atoms with Gasteiger partial charge in [0.25, 0.3) is 5.91 Å². The molecule has 130 valence electrons. The zero-order chi connectivity index (χ0) is 16.8. The molecule has 4 saturated carbocycles. The number of carbonyl (C=O) groups is 2. The van der Waals surface area contributed by atoms with Gasteiger partial charge in [-0.15, -0.1) is 0 Å². The molecule has 1 atom stereocenters. The normalized spacial score (nSPS) is 34.8. The van der Waals surface area contributed by atoms with E-state index >= 15 is 0 Å². The topological polar surface area (TPSA) is 62.6 Å². The molecule has 1 aromatic heterocycles. The summed E-state index contributed by atoms with van der Waals surface area (Å²) in [6.07, 6.45) is 7.99. The van der Waals surface area contributed by atoms with E-state index in [0.717, 1.165) is 11.8 Å². The Morgan fingerprint density at radius 3 is 2.33 bits per heavy atom. The fourth-order valence-electron chi connectivity index (χ4n) is 5.72. The molecule has 1 N–H and O–H groups in total. The van der Waals surface area contributed by atoms with Gasteiger partial charge in [0.05, 0.1) is 6.26 Å². The summed E-state index contributed by atoms with van der Waals surface area (Å²) in [6, 6.07) is 3.09. The van der Waals surface area contributed by atoms with Crippen molar-refractivity contribution in [1.29, 1.82) is 0 Å². The summed E-state index contributed by atoms with van der Waals surface area (Å²) < 4.78 is 5.09. The van der Waals surface area contributed by atoms with Crippen molar-refractivity contribution in [3.05, 3.63) is 24.2 Å². The van der Waals surface area contributed by atoms with Crippen molar-refractivity contribution in [2.45, 2.75) is 51.1 Å². The van der Waals surface area contributed by atoms with Gasteiger partial charge in [-0.3, -0.25) is 9.59 Å². The SMILES string of the molecule is CC(NC(=O)c1ccco1)C(=O)N(C)C1C2CC3CC(C2)CC1C3. The van der Waals surface area contributed by atoms with Crippen LogP contribution in [0.4, 0.5) is 0 Å². The van der Waals surface area contributed by atoms with Gasteiger partial charge in [-0.25, -0.2) is 0 Å². The maximum atomic E-state index is 12.9. The third-order valence-corrected chi connectivity index (χ3v) is 6.43. The lowest BCUT2D eigenvalue weighted by Gasteiger charge is -2.56. The first kappa shape index (κ1) is 15.7. The van der Waals surface area contributed by atoms with Crippen LogP contribution in [0.1, 0.15) is 49.6 Å². The molecule has 0 spiro atoms. The van der Waals surface area contributed by atoms with Gasteiger partial charge in [-0.1, -0.05) is 0 Å². The maximum absolute atomic E-state index is 12.9. The first-order valence-electron chi connectivity index (χ1n) is 9.14. The van der Waals surface area contributed by atoms with Crippen molar-refractivity contribution >= 4 is 11.8 Å². The maximum Gasteiger partial charge on any atom is 0.287 e. The second-order valence-electron chi connectivity index (χ2n) is 8.04. The Morgan fingerprint density at radius 1 is 1.17 bits per heavy atom. The van der Waals surface area contributed by atoms with Crippen molar-refractivity contribution < 1.29 is 14.0 Å². The molecule has 4 aliphatic carbocycles. The van der Waals surface area contributed by atoms with Gasteiger partial charge in [0.15, 0.2) is 5.76 Å². The van der Waals surface area contributed by atoms with Crippen LogP contribution in [0, 0.1) is 23.7 Å². The fourth-order valence-corrected chi connectivity index (χ4v) is 5.72. The Kier molecular flexibility index (Phi) is 3.89. The molecule has 1 aromatic rings. The predicted octanol–water partition coefficient (Wildman–Crippen LogP) is 2.68. The Hall–Kier alpha value is -1.78. The molecule has 4 fully saturated rings. The Morgan fingerprint density at radius 2 is 1.79 bits per heavy atom. The predicted molar refractivity (Wildman–Crippen MR) is 89.2 cm³/mol. The highest BCUT2D eigenvalue weighted by Crippen LogP contribution is 2.54. The highest BCUT2D eigenvalue weighted by molar-refractivity contribution is 5.95. The number of nitrogens with one attached hydrogen (secondary N) is 1. The fraction of sp³-hybridized carbons (Fsp3) is 0.684. The number of nitrogens with zero attached hydrogens (tertiary/aromatic N) is 1. The zero-order valence-corrected chi connectivity index (χ0v) is 14.4. The van der Waals surface area contributed by atoms with Gasteiger partial charge in [0.2, 0.25) is 5.91 Å². The molecule has 5 nitrogen and oxygen atoms in total. The van der Waals surface area contributed by atoms with Gasteiger partial charge < -0.3 is 14.6 Å². The van der Waals surface area contributed by atoms with Gasteiger partial charge in [-0.05, 0) is 74.8 Å². The Labute approximate surface area is 142 Å². The van der Waals surface area contributed by atoms with E-state index in [1.54, 1.807) is 19.1 Å². The number of likely N-dealkylation sites (N-methyl/N-ethyl adjacent to an activating group) is 1. The average Bonchev–Trinajstić information content (AvgIpc) is 3.07. The molecular formula is C19H26N2O3. The molecule has 2 amide bonds. The first-order chi connectivity index (χ1) is 11.5. The summed E-state index contributed by atoms with van der Waals surface area (Å²) in [7, 11) is 1.92. The van der Waals surface area contributed by atoms with Crippen LogP contribution < -0.4 is 5.32 Å². The van der Waals surface area contributed by atoms with Crippen LogP contribution in [0.2, 0.25) is 0 Å². The largest absolute Gasteiger partial charge is 0.459 e. The van der Waals surface area contributed by atoms with E-state index in [2.05, 4.69) is 5.32 Å². The quantitative estimate of drug-likeness (QED) is 0.923. The smallest absolute Gasteiger partial charge is 0.287 e. The molecular weight excluding hydrogens is 304 g/mol. The van der Waals surface area contributed by atoms with Crippen molar-refractivity contribution in [1.82, 2.24) is 10.2 Å².